The van der Waals surface area contributed by atoms with Crippen molar-refractivity contribution in [1.29, 1.82) is 0 Å². The Labute approximate surface area is 213 Å². The average molecular weight is 511 g/mol. The molecule has 1 fully saturated rings. The van der Waals surface area contributed by atoms with Crippen molar-refractivity contribution >= 4 is 22.1 Å². The Morgan fingerprint density at radius 2 is 1.78 bits per heavy atom. The van der Waals surface area contributed by atoms with E-state index in [-0.39, 0.29) is 30.7 Å². The van der Waals surface area contributed by atoms with E-state index in [1.54, 1.807) is 11.6 Å². The van der Waals surface area contributed by atoms with Crippen LogP contribution >= 0.6 is 0 Å². The maximum atomic E-state index is 13.3. The van der Waals surface area contributed by atoms with Crippen molar-refractivity contribution in [1.82, 2.24) is 29.2 Å². The maximum absolute atomic E-state index is 13.3. The van der Waals surface area contributed by atoms with Crippen molar-refractivity contribution in [3.05, 3.63) is 52.7 Å². The zero-order valence-corrected chi connectivity index (χ0v) is 21.6. The van der Waals surface area contributed by atoms with Crippen LogP contribution in [0, 0.1) is 0 Å². The van der Waals surface area contributed by atoms with Gasteiger partial charge in [-0.15, -0.1) is 10.2 Å². The van der Waals surface area contributed by atoms with Gasteiger partial charge in [0.25, 0.3) is 5.92 Å². The van der Waals surface area contributed by atoms with Gasteiger partial charge in [-0.2, -0.15) is 0 Å². The van der Waals surface area contributed by atoms with Crippen molar-refractivity contribution in [2.75, 3.05) is 26.2 Å². The number of aromatic nitrogens is 5. The number of alkyl halides is 2. The van der Waals surface area contributed by atoms with Gasteiger partial charge in [-0.25, -0.2) is 13.6 Å². The number of benzene rings is 1. The third-order valence-corrected chi connectivity index (χ3v) is 7.18. The Balaban J connectivity index is 1.33. The highest BCUT2D eigenvalue weighted by Crippen LogP contribution is 2.30. The minimum atomic E-state index is -2.53. The van der Waals surface area contributed by atoms with Crippen molar-refractivity contribution in [2.24, 2.45) is 7.05 Å². The summed E-state index contributed by atoms with van der Waals surface area (Å²) in [7, 11) is 1.71. The molecule has 1 aliphatic rings. The summed E-state index contributed by atoms with van der Waals surface area (Å²) in [6.07, 6.45) is 1.43. The Morgan fingerprint density at radius 1 is 1.05 bits per heavy atom. The smallest absolute Gasteiger partial charge is 0.330 e. The van der Waals surface area contributed by atoms with E-state index in [0.29, 0.717) is 31.9 Å². The second-order valence-electron chi connectivity index (χ2n) is 10.1. The van der Waals surface area contributed by atoms with Gasteiger partial charge in [0, 0.05) is 62.7 Å². The maximum Gasteiger partial charge on any atom is 0.330 e. The zero-order chi connectivity index (χ0) is 26.3. The highest BCUT2D eigenvalue weighted by molar-refractivity contribution is 6.02. The van der Waals surface area contributed by atoms with E-state index < -0.39 is 5.92 Å². The van der Waals surface area contributed by atoms with Crippen LogP contribution in [0.25, 0.3) is 33.2 Å². The van der Waals surface area contributed by atoms with Crippen LogP contribution in [-0.4, -0.2) is 61.4 Å². The molecule has 0 radical (unpaired) electrons. The molecule has 4 heterocycles. The lowest BCUT2D eigenvalue weighted by Gasteiger charge is -2.31. The van der Waals surface area contributed by atoms with E-state index in [1.807, 2.05) is 62.2 Å². The van der Waals surface area contributed by atoms with Crippen LogP contribution in [0.3, 0.4) is 0 Å². The van der Waals surface area contributed by atoms with Gasteiger partial charge >= 0.3 is 5.69 Å². The van der Waals surface area contributed by atoms with Crippen LogP contribution in [0.5, 0.6) is 0 Å². The standard InChI is InChI=1S/C27H32F2N6O2/c1-17(2)35-24-21-15-19(5-8-23(21)31-32-25(24)33(4)26(35)36)20-6-7-22(30-16-20)18(3)37-14-13-34-11-9-27(28,29)10-12-34/h5-8,15-18H,9-14H2,1-4H3/t18-/m0/s1. The monoisotopic (exact) mass is 510 g/mol. The van der Waals surface area contributed by atoms with Crippen LogP contribution in [0.15, 0.2) is 41.3 Å². The number of halogens is 2. The molecule has 196 valence electrons. The first kappa shape index (κ1) is 25.4. The summed E-state index contributed by atoms with van der Waals surface area (Å²) in [5.41, 5.74) is 4.64. The van der Waals surface area contributed by atoms with Gasteiger partial charge < -0.3 is 9.64 Å². The largest absolute Gasteiger partial charge is 0.371 e. The summed E-state index contributed by atoms with van der Waals surface area (Å²) < 4.78 is 35.9. The number of fused-ring (bicyclic) bond motifs is 3. The molecule has 10 heteroatoms. The summed E-state index contributed by atoms with van der Waals surface area (Å²) >= 11 is 0. The van der Waals surface area contributed by atoms with Crippen LogP contribution < -0.4 is 5.69 Å². The van der Waals surface area contributed by atoms with Gasteiger partial charge in [0.05, 0.1) is 23.9 Å². The first-order valence-electron chi connectivity index (χ1n) is 12.7. The number of aryl methyl sites for hydroxylation is 1. The number of ether oxygens (including phenoxy) is 1. The molecule has 1 aliphatic heterocycles. The third kappa shape index (κ3) is 5.00. The second kappa shape index (κ2) is 9.90. The minimum Gasteiger partial charge on any atom is -0.371 e. The van der Waals surface area contributed by atoms with E-state index in [2.05, 4.69) is 15.2 Å². The normalized spacial score (nSPS) is 17.2. The topological polar surface area (TPSA) is 78.1 Å². The number of hydrogen-bond acceptors (Lipinski definition) is 6. The lowest BCUT2D eigenvalue weighted by molar-refractivity contribution is -0.0609. The zero-order valence-electron chi connectivity index (χ0n) is 21.6. The number of imidazole rings is 1. The first-order valence-corrected chi connectivity index (χ1v) is 12.7. The van der Waals surface area contributed by atoms with E-state index in [1.165, 1.54) is 4.57 Å². The minimum absolute atomic E-state index is 0.0226. The second-order valence-corrected chi connectivity index (χ2v) is 10.1. The summed E-state index contributed by atoms with van der Waals surface area (Å²) in [4.78, 5) is 19.5. The summed E-state index contributed by atoms with van der Waals surface area (Å²) in [6, 6.07) is 9.84. The Bertz CT molecular complexity index is 1470. The molecule has 0 aliphatic carbocycles. The van der Waals surface area contributed by atoms with Crippen LogP contribution in [0.2, 0.25) is 0 Å². The van der Waals surface area contributed by atoms with E-state index in [4.69, 9.17) is 4.74 Å². The Kier molecular flexibility index (Phi) is 6.80. The lowest BCUT2D eigenvalue weighted by atomic mass is 10.0. The molecule has 3 aromatic heterocycles. The first-order chi connectivity index (χ1) is 17.6. The van der Waals surface area contributed by atoms with Gasteiger partial charge in [-0.1, -0.05) is 12.1 Å². The fraction of sp³-hybridized carbons (Fsp3) is 0.481. The molecular formula is C27H32F2N6O2. The van der Waals surface area contributed by atoms with Crippen molar-refractivity contribution in [2.45, 2.75) is 51.7 Å². The van der Waals surface area contributed by atoms with Gasteiger partial charge in [0.2, 0.25) is 0 Å². The molecule has 0 unspecified atom stereocenters. The van der Waals surface area contributed by atoms with Crippen LogP contribution in [0.4, 0.5) is 8.78 Å². The highest BCUT2D eigenvalue weighted by atomic mass is 19.3. The summed E-state index contributed by atoms with van der Waals surface area (Å²) in [5.74, 6) is -2.53. The van der Waals surface area contributed by atoms with Crippen molar-refractivity contribution in [3.8, 4) is 11.1 Å². The molecular weight excluding hydrogens is 478 g/mol. The van der Waals surface area contributed by atoms with Gasteiger partial charge in [-0.3, -0.25) is 14.1 Å². The predicted octanol–water partition coefficient (Wildman–Crippen LogP) is 4.73. The molecule has 5 rings (SSSR count). The Morgan fingerprint density at radius 3 is 2.46 bits per heavy atom. The number of rotatable bonds is 7. The van der Waals surface area contributed by atoms with Gasteiger partial charge in [0.1, 0.15) is 5.52 Å². The van der Waals surface area contributed by atoms with Gasteiger partial charge in [-0.05, 0) is 44.5 Å². The van der Waals surface area contributed by atoms with Crippen LogP contribution in [0.1, 0.15) is 51.5 Å². The number of piperidine rings is 1. The predicted molar refractivity (Wildman–Crippen MR) is 139 cm³/mol. The van der Waals surface area contributed by atoms with E-state index in [0.717, 1.165) is 33.2 Å². The molecule has 37 heavy (non-hydrogen) atoms. The molecule has 1 aromatic carbocycles. The number of pyridine rings is 1. The number of hydrogen-bond donors (Lipinski definition) is 0. The molecule has 0 bridgehead atoms. The molecule has 0 amide bonds. The quantitative estimate of drug-likeness (QED) is 0.358. The fourth-order valence-corrected chi connectivity index (χ4v) is 4.92. The SMILES string of the molecule is CC(C)n1c(=O)n(C)c2nnc3ccc(-c4ccc([C@H](C)OCCN5CCC(F)(F)CC5)nc4)cc3c21. The van der Waals surface area contributed by atoms with Crippen molar-refractivity contribution in [3.63, 3.8) is 0 Å². The molecule has 0 N–H and O–H groups in total. The molecule has 0 spiro atoms. The molecule has 1 saturated heterocycles. The Hall–Kier alpha value is -3.24. The average Bonchev–Trinajstić information content (AvgIpc) is 3.15. The van der Waals surface area contributed by atoms with E-state index in [9.17, 15) is 13.6 Å². The molecule has 4 aromatic rings. The highest BCUT2D eigenvalue weighted by Gasteiger charge is 2.33. The number of likely N-dealkylation sites (tertiary alicyclic amines) is 1. The molecule has 8 nitrogen and oxygen atoms in total. The van der Waals surface area contributed by atoms with Gasteiger partial charge in [0.15, 0.2) is 5.65 Å². The van der Waals surface area contributed by atoms with Crippen molar-refractivity contribution < 1.29 is 13.5 Å². The van der Waals surface area contributed by atoms with E-state index >= 15 is 0 Å². The summed E-state index contributed by atoms with van der Waals surface area (Å²) in [5, 5.41) is 9.49. The number of nitrogens with zero attached hydrogens (tertiary/aromatic N) is 6. The molecule has 0 saturated carbocycles. The lowest BCUT2D eigenvalue weighted by Crippen LogP contribution is -2.40. The fourth-order valence-electron chi connectivity index (χ4n) is 4.92. The molecule has 1 atom stereocenters. The summed E-state index contributed by atoms with van der Waals surface area (Å²) in [6.45, 7) is 7.80. The van der Waals surface area contributed by atoms with Crippen LogP contribution in [-0.2, 0) is 11.8 Å². The third-order valence-electron chi connectivity index (χ3n) is 7.18.